The standard InChI is InChI=1S/C13H18N4/c1-3-7-15-13(11-4-8-14-9-5-11)12-6-10-17(2)16-12/h4-6,8-10,13,15H,3,7H2,1-2H3. The Bertz CT molecular complexity index is 449. The molecule has 0 amide bonds. The van der Waals surface area contributed by atoms with Gasteiger partial charge in [-0.25, -0.2) is 0 Å². The molecule has 2 aromatic rings. The van der Waals surface area contributed by atoms with Gasteiger partial charge in [0.1, 0.15) is 0 Å². The van der Waals surface area contributed by atoms with E-state index < -0.39 is 0 Å². The molecular formula is C13H18N4. The van der Waals surface area contributed by atoms with E-state index in [0.29, 0.717) is 0 Å². The van der Waals surface area contributed by atoms with Crippen LogP contribution in [0.5, 0.6) is 0 Å². The van der Waals surface area contributed by atoms with Crippen LogP contribution in [-0.4, -0.2) is 21.3 Å². The zero-order chi connectivity index (χ0) is 12.1. The van der Waals surface area contributed by atoms with Crippen LogP contribution in [-0.2, 0) is 7.05 Å². The number of rotatable bonds is 5. The summed E-state index contributed by atoms with van der Waals surface area (Å²) in [6.45, 7) is 3.14. The van der Waals surface area contributed by atoms with Gasteiger partial charge in [-0.2, -0.15) is 5.10 Å². The predicted molar refractivity (Wildman–Crippen MR) is 67.6 cm³/mol. The molecule has 4 heteroatoms. The van der Waals surface area contributed by atoms with Gasteiger partial charge in [0.15, 0.2) is 0 Å². The van der Waals surface area contributed by atoms with Crippen molar-refractivity contribution < 1.29 is 0 Å². The van der Waals surface area contributed by atoms with Gasteiger partial charge in [-0.15, -0.1) is 0 Å². The Kier molecular flexibility index (Phi) is 3.88. The van der Waals surface area contributed by atoms with Crippen LogP contribution in [0.4, 0.5) is 0 Å². The largest absolute Gasteiger partial charge is 0.305 e. The van der Waals surface area contributed by atoms with Crippen molar-refractivity contribution >= 4 is 0 Å². The molecule has 0 aromatic carbocycles. The van der Waals surface area contributed by atoms with Crippen molar-refractivity contribution in [1.82, 2.24) is 20.1 Å². The Hall–Kier alpha value is -1.68. The van der Waals surface area contributed by atoms with E-state index in [1.807, 2.05) is 48.5 Å². The molecule has 2 aromatic heterocycles. The first-order valence-corrected chi connectivity index (χ1v) is 5.94. The molecule has 17 heavy (non-hydrogen) atoms. The van der Waals surface area contributed by atoms with Crippen molar-refractivity contribution in [3.8, 4) is 0 Å². The number of hydrogen-bond acceptors (Lipinski definition) is 3. The lowest BCUT2D eigenvalue weighted by Crippen LogP contribution is -2.23. The summed E-state index contributed by atoms with van der Waals surface area (Å²) in [4.78, 5) is 4.05. The lowest BCUT2D eigenvalue weighted by atomic mass is 10.1. The van der Waals surface area contributed by atoms with E-state index in [1.165, 1.54) is 5.56 Å². The van der Waals surface area contributed by atoms with E-state index in [0.717, 1.165) is 18.7 Å². The maximum atomic E-state index is 4.47. The number of aryl methyl sites for hydroxylation is 1. The molecule has 0 aliphatic carbocycles. The molecule has 0 fully saturated rings. The third-order valence-corrected chi connectivity index (χ3v) is 2.67. The number of aromatic nitrogens is 3. The monoisotopic (exact) mass is 230 g/mol. The van der Waals surface area contributed by atoms with Crippen molar-refractivity contribution in [2.24, 2.45) is 7.05 Å². The van der Waals surface area contributed by atoms with Crippen molar-refractivity contribution in [2.75, 3.05) is 6.54 Å². The number of nitrogens with one attached hydrogen (secondary N) is 1. The van der Waals surface area contributed by atoms with E-state index in [-0.39, 0.29) is 6.04 Å². The zero-order valence-electron chi connectivity index (χ0n) is 10.3. The highest BCUT2D eigenvalue weighted by molar-refractivity contribution is 5.24. The summed E-state index contributed by atoms with van der Waals surface area (Å²) in [5.41, 5.74) is 2.25. The van der Waals surface area contributed by atoms with E-state index >= 15 is 0 Å². The minimum Gasteiger partial charge on any atom is -0.305 e. The molecule has 2 rings (SSSR count). The van der Waals surface area contributed by atoms with Gasteiger partial charge in [-0.3, -0.25) is 9.67 Å². The van der Waals surface area contributed by atoms with Gasteiger partial charge in [0.05, 0.1) is 11.7 Å². The normalized spacial score (nSPS) is 12.6. The van der Waals surface area contributed by atoms with Gasteiger partial charge < -0.3 is 5.32 Å². The fraction of sp³-hybridized carbons (Fsp3) is 0.385. The molecule has 4 nitrogen and oxygen atoms in total. The molecular weight excluding hydrogens is 212 g/mol. The summed E-state index contributed by atoms with van der Waals surface area (Å²) in [6, 6.07) is 6.26. The van der Waals surface area contributed by atoms with Crippen LogP contribution in [0.15, 0.2) is 36.8 Å². The van der Waals surface area contributed by atoms with Crippen molar-refractivity contribution in [2.45, 2.75) is 19.4 Å². The van der Waals surface area contributed by atoms with Gasteiger partial charge in [0.25, 0.3) is 0 Å². The number of nitrogens with zero attached hydrogens (tertiary/aromatic N) is 3. The average Bonchev–Trinajstić information content (AvgIpc) is 2.78. The summed E-state index contributed by atoms with van der Waals surface area (Å²) < 4.78 is 1.83. The molecule has 0 saturated heterocycles. The van der Waals surface area contributed by atoms with Crippen molar-refractivity contribution in [1.29, 1.82) is 0 Å². The third-order valence-electron chi connectivity index (χ3n) is 2.67. The van der Waals surface area contributed by atoms with E-state index in [1.54, 1.807) is 0 Å². The third kappa shape index (κ3) is 2.91. The Morgan fingerprint density at radius 2 is 2.06 bits per heavy atom. The first-order chi connectivity index (χ1) is 8.31. The molecule has 0 saturated carbocycles. The molecule has 0 bridgehead atoms. The summed E-state index contributed by atoms with van der Waals surface area (Å²) in [7, 11) is 1.94. The lowest BCUT2D eigenvalue weighted by Gasteiger charge is -2.16. The molecule has 0 aliphatic rings. The highest BCUT2D eigenvalue weighted by atomic mass is 15.3. The quantitative estimate of drug-likeness (QED) is 0.853. The van der Waals surface area contributed by atoms with Crippen LogP contribution in [0.3, 0.4) is 0 Å². The number of hydrogen-bond donors (Lipinski definition) is 1. The second-order valence-corrected chi connectivity index (χ2v) is 4.08. The Morgan fingerprint density at radius 3 is 2.65 bits per heavy atom. The first kappa shape index (κ1) is 11.8. The Morgan fingerprint density at radius 1 is 1.29 bits per heavy atom. The Balaban J connectivity index is 2.25. The Labute approximate surface area is 102 Å². The minimum atomic E-state index is 0.152. The fourth-order valence-electron chi connectivity index (χ4n) is 1.82. The summed E-state index contributed by atoms with van der Waals surface area (Å²) in [5, 5.41) is 7.99. The predicted octanol–water partition coefficient (Wildman–Crippen LogP) is 1.90. The van der Waals surface area contributed by atoms with Gasteiger partial charge in [-0.05, 0) is 36.7 Å². The smallest absolute Gasteiger partial charge is 0.0839 e. The molecule has 90 valence electrons. The molecule has 1 N–H and O–H groups in total. The van der Waals surface area contributed by atoms with Crippen LogP contribution < -0.4 is 5.32 Å². The highest BCUT2D eigenvalue weighted by Crippen LogP contribution is 2.19. The van der Waals surface area contributed by atoms with Crippen LogP contribution in [0.25, 0.3) is 0 Å². The van der Waals surface area contributed by atoms with Crippen LogP contribution >= 0.6 is 0 Å². The summed E-state index contributed by atoms with van der Waals surface area (Å²) in [6.07, 6.45) is 6.71. The fourth-order valence-corrected chi connectivity index (χ4v) is 1.82. The van der Waals surface area contributed by atoms with Crippen molar-refractivity contribution in [3.05, 3.63) is 48.0 Å². The SMILES string of the molecule is CCCNC(c1ccncc1)c1ccn(C)n1. The van der Waals surface area contributed by atoms with Crippen molar-refractivity contribution in [3.63, 3.8) is 0 Å². The number of pyridine rings is 1. The van der Waals surface area contributed by atoms with Gasteiger partial charge in [0.2, 0.25) is 0 Å². The molecule has 2 heterocycles. The second kappa shape index (κ2) is 5.59. The summed E-state index contributed by atoms with van der Waals surface area (Å²) >= 11 is 0. The first-order valence-electron chi connectivity index (χ1n) is 5.94. The highest BCUT2D eigenvalue weighted by Gasteiger charge is 2.15. The van der Waals surface area contributed by atoms with Crippen LogP contribution in [0.2, 0.25) is 0 Å². The molecule has 1 unspecified atom stereocenters. The zero-order valence-corrected chi connectivity index (χ0v) is 10.3. The van der Waals surface area contributed by atoms with Gasteiger partial charge >= 0.3 is 0 Å². The second-order valence-electron chi connectivity index (χ2n) is 4.08. The average molecular weight is 230 g/mol. The summed E-state index contributed by atoms with van der Waals surface area (Å²) in [5.74, 6) is 0. The van der Waals surface area contributed by atoms with Crippen LogP contribution in [0, 0.1) is 0 Å². The lowest BCUT2D eigenvalue weighted by molar-refractivity contribution is 0.575. The maximum absolute atomic E-state index is 4.47. The van der Waals surface area contributed by atoms with E-state index in [2.05, 4.69) is 22.3 Å². The van der Waals surface area contributed by atoms with Gasteiger partial charge in [0, 0.05) is 25.6 Å². The van der Waals surface area contributed by atoms with Crippen LogP contribution in [0.1, 0.15) is 30.6 Å². The van der Waals surface area contributed by atoms with Gasteiger partial charge in [-0.1, -0.05) is 6.92 Å². The molecule has 0 spiro atoms. The van der Waals surface area contributed by atoms with E-state index in [9.17, 15) is 0 Å². The van der Waals surface area contributed by atoms with E-state index in [4.69, 9.17) is 0 Å². The topological polar surface area (TPSA) is 42.7 Å². The molecule has 0 radical (unpaired) electrons. The molecule has 0 aliphatic heterocycles. The maximum Gasteiger partial charge on any atom is 0.0839 e. The molecule has 1 atom stereocenters. The minimum absolute atomic E-state index is 0.152.